The zero-order valence-electron chi connectivity index (χ0n) is 17.8. The summed E-state index contributed by atoms with van der Waals surface area (Å²) in [4.78, 5) is 4.74. The molecule has 0 amide bonds. The van der Waals surface area contributed by atoms with Crippen molar-refractivity contribution in [2.45, 2.75) is 59.1 Å². The number of aryl methyl sites for hydroxylation is 1. The van der Waals surface area contributed by atoms with Crippen molar-refractivity contribution < 1.29 is 14.2 Å². The average Bonchev–Trinajstić information content (AvgIpc) is 3.19. The summed E-state index contributed by atoms with van der Waals surface area (Å²) < 4.78 is 17.2. The average molecular weight is 392 g/mol. The van der Waals surface area contributed by atoms with Crippen molar-refractivity contribution in [2.75, 3.05) is 39.5 Å². The molecule has 1 aliphatic heterocycles. The fourth-order valence-electron chi connectivity index (χ4n) is 2.92. The molecule has 6 heteroatoms. The minimum Gasteiger partial charge on any atom is -0.488 e. The topological polar surface area (TPSA) is 64.1 Å². The van der Waals surface area contributed by atoms with E-state index in [0.717, 1.165) is 69.4 Å². The summed E-state index contributed by atoms with van der Waals surface area (Å²) in [7, 11) is 0. The highest BCUT2D eigenvalue weighted by atomic mass is 16.5. The molecule has 6 nitrogen and oxygen atoms in total. The Morgan fingerprint density at radius 2 is 2.07 bits per heavy atom. The van der Waals surface area contributed by atoms with Crippen LogP contribution in [0.25, 0.3) is 0 Å². The molecule has 28 heavy (non-hydrogen) atoms. The molecule has 0 aromatic heterocycles. The summed E-state index contributed by atoms with van der Waals surface area (Å²) in [5, 5.41) is 6.69. The monoisotopic (exact) mass is 391 g/mol. The third-order valence-electron chi connectivity index (χ3n) is 4.56. The van der Waals surface area contributed by atoms with Gasteiger partial charge in [-0.3, -0.25) is 0 Å². The maximum absolute atomic E-state index is 6.17. The van der Waals surface area contributed by atoms with Gasteiger partial charge < -0.3 is 24.8 Å². The molecule has 0 aliphatic carbocycles. The first-order chi connectivity index (χ1) is 13.7. The van der Waals surface area contributed by atoms with E-state index in [4.69, 9.17) is 19.2 Å². The standard InChI is InChI=1S/C22H37N3O3/c1-4-6-12-26-13-7-11-24-22(23-5-2)25-16-19-9-8-18(3)15-21(19)28-20-10-14-27-17-20/h8-9,15,20H,4-7,10-14,16-17H2,1-3H3,(H2,23,24,25). The minimum absolute atomic E-state index is 0.142. The quantitative estimate of drug-likeness (QED) is 0.325. The lowest BCUT2D eigenvalue weighted by Gasteiger charge is -2.16. The van der Waals surface area contributed by atoms with Gasteiger partial charge in [-0.1, -0.05) is 25.5 Å². The molecule has 2 rings (SSSR count). The van der Waals surface area contributed by atoms with Gasteiger partial charge in [0, 0.05) is 38.3 Å². The van der Waals surface area contributed by atoms with Gasteiger partial charge in [0.15, 0.2) is 5.96 Å². The minimum atomic E-state index is 0.142. The van der Waals surface area contributed by atoms with E-state index in [9.17, 15) is 0 Å². The maximum Gasteiger partial charge on any atom is 0.191 e. The molecule has 1 aliphatic rings. The molecule has 158 valence electrons. The van der Waals surface area contributed by atoms with Crippen LogP contribution in [0.3, 0.4) is 0 Å². The molecule has 0 bridgehead atoms. The molecular weight excluding hydrogens is 354 g/mol. The van der Waals surface area contributed by atoms with Crippen molar-refractivity contribution in [2.24, 2.45) is 4.99 Å². The van der Waals surface area contributed by atoms with Crippen LogP contribution in [0.2, 0.25) is 0 Å². The smallest absolute Gasteiger partial charge is 0.191 e. The predicted octanol–water partition coefficient (Wildman–Crippen LogP) is 3.42. The van der Waals surface area contributed by atoms with Gasteiger partial charge in [-0.15, -0.1) is 0 Å². The largest absolute Gasteiger partial charge is 0.488 e. The Balaban J connectivity index is 1.86. The van der Waals surface area contributed by atoms with Gasteiger partial charge in [-0.25, -0.2) is 4.99 Å². The molecule has 1 aromatic rings. The number of aliphatic imine (C=N–C) groups is 1. The van der Waals surface area contributed by atoms with E-state index in [1.54, 1.807) is 0 Å². The van der Waals surface area contributed by atoms with Crippen molar-refractivity contribution in [1.82, 2.24) is 10.6 Å². The van der Waals surface area contributed by atoms with Crippen LogP contribution in [0.4, 0.5) is 0 Å². The molecular formula is C22H37N3O3. The molecule has 1 atom stereocenters. The number of nitrogens with one attached hydrogen (secondary N) is 2. The number of hydrogen-bond donors (Lipinski definition) is 2. The van der Waals surface area contributed by atoms with Gasteiger partial charge in [-0.05, 0) is 38.3 Å². The number of nitrogens with zero attached hydrogens (tertiary/aromatic N) is 1. The SMILES string of the molecule is CCCCOCCCNC(=NCc1ccc(C)cc1OC1CCOC1)NCC. The molecule has 1 fully saturated rings. The Kier molecular flexibility index (Phi) is 10.8. The number of ether oxygens (including phenoxy) is 3. The van der Waals surface area contributed by atoms with Gasteiger partial charge in [-0.2, -0.15) is 0 Å². The third-order valence-corrected chi connectivity index (χ3v) is 4.56. The lowest BCUT2D eigenvalue weighted by atomic mass is 10.1. The second-order valence-corrected chi connectivity index (χ2v) is 7.16. The van der Waals surface area contributed by atoms with E-state index in [1.807, 2.05) is 0 Å². The summed E-state index contributed by atoms with van der Waals surface area (Å²) in [6, 6.07) is 6.31. The van der Waals surface area contributed by atoms with E-state index < -0.39 is 0 Å². The highest BCUT2D eigenvalue weighted by molar-refractivity contribution is 5.79. The summed E-state index contributed by atoms with van der Waals surface area (Å²) in [5.74, 6) is 1.74. The van der Waals surface area contributed by atoms with E-state index in [1.165, 1.54) is 12.0 Å². The van der Waals surface area contributed by atoms with Crippen molar-refractivity contribution in [3.63, 3.8) is 0 Å². The fourth-order valence-corrected chi connectivity index (χ4v) is 2.92. The van der Waals surface area contributed by atoms with Crippen LogP contribution in [-0.4, -0.2) is 51.6 Å². The molecule has 1 saturated heterocycles. The molecule has 0 spiro atoms. The summed E-state index contributed by atoms with van der Waals surface area (Å²) >= 11 is 0. The van der Waals surface area contributed by atoms with Crippen LogP contribution in [0, 0.1) is 6.92 Å². The van der Waals surface area contributed by atoms with E-state index in [-0.39, 0.29) is 6.10 Å². The second-order valence-electron chi connectivity index (χ2n) is 7.16. The highest BCUT2D eigenvalue weighted by Crippen LogP contribution is 2.24. The Hall–Kier alpha value is -1.79. The zero-order chi connectivity index (χ0) is 20.0. The van der Waals surface area contributed by atoms with Crippen LogP contribution < -0.4 is 15.4 Å². The molecule has 1 aromatic carbocycles. The zero-order valence-corrected chi connectivity index (χ0v) is 17.8. The molecule has 0 saturated carbocycles. The van der Waals surface area contributed by atoms with Crippen LogP contribution >= 0.6 is 0 Å². The first kappa shape index (κ1) is 22.5. The number of unbranched alkanes of at least 4 members (excludes halogenated alkanes) is 1. The Morgan fingerprint density at radius 3 is 2.82 bits per heavy atom. The second kappa shape index (κ2) is 13.4. The first-order valence-electron chi connectivity index (χ1n) is 10.7. The highest BCUT2D eigenvalue weighted by Gasteiger charge is 2.18. The van der Waals surface area contributed by atoms with Crippen LogP contribution in [0.1, 0.15) is 50.7 Å². The predicted molar refractivity (Wildman–Crippen MR) is 114 cm³/mol. The number of benzene rings is 1. The fraction of sp³-hybridized carbons (Fsp3) is 0.682. The molecule has 0 radical (unpaired) electrons. The van der Waals surface area contributed by atoms with Gasteiger partial charge in [0.2, 0.25) is 0 Å². The van der Waals surface area contributed by atoms with E-state index >= 15 is 0 Å². The van der Waals surface area contributed by atoms with Crippen molar-refractivity contribution >= 4 is 5.96 Å². The van der Waals surface area contributed by atoms with Gasteiger partial charge >= 0.3 is 0 Å². The number of hydrogen-bond acceptors (Lipinski definition) is 4. The van der Waals surface area contributed by atoms with E-state index in [0.29, 0.717) is 13.2 Å². The molecule has 2 N–H and O–H groups in total. The normalized spacial score (nSPS) is 17.0. The van der Waals surface area contributed by atoms with Crippen LogP contribution in [0.15, 0.2) is 23.2 Å². The van der Waals surface area contributed by atoms with Gasteiger partial charge in [0.1, 0.15) is 11.9 Å². The Bertz CT molecular complexity index is 586. The van der Waals surface area contributed by atoms with Crippen molar-refractivity contribution in [3.05, 3.63) is 29.3 Å². The summed E-state index contributed by atoms with van der Waals surface area (Å²) in [6.07, 6.45) is 4.36. The Morgan fingerprint density at radius 1 is 1.21 bits per heavy atom. The van der Waals surface area contributed by atoms with E-state index in [2.05, 4.69) is 49.6 Å². The lowest BCUT2D eigenvalue weighted by Crippen LogP contribution is -2.38. The third kappa shape index (κ3) is 8.48. The Labute approximate surface area is 170 Å². The van der Waals surface area contributed by atoms with Crippen LogP contribution in [0.5, 0.6) is 5.75 Å². The maximum atomic E-state index is 6.17. The molecule has 1 unspecified atom stereocenters. The lowest BCUT2D eigenvalue weighted by molar-refractivity contribution is 0.129. The van der Waals surface area contributed by atoms with Crippen molar-refractivity contribution in [1.29, 1.82) is 0 Å². The summed E-state index contributed by atoms with van der Waals surface area (Å²) in [6.45, 7) is 11.7. The summed E-state index contributed by atoms with van der Waals surface area (Å²) in [5.41, 5.74) is 2.28. The van der Waals surface area contributed by atoms with Gasteiger partial charge in [0.25, 0.3) is 0 Å². The van der Waals surface area contributed by atoms with Crippen molar-refractivity contribution in [3.8, 4) is 5.75 Å². The first-order valence-corrected chi connectivity index (χ1v) is 10.7. The van der Waals surface area contributed by atoms with Gasteiger partial charge in [0.05, 0.1) is 19.8 Å². The number of rotatable bonds is 12. The van der Waals surface area contributed by atoms with Crippen LogP contribution in [-0.2, 0) is 16.0 Å². The number of guanidine groups is 1. The molecule has 1 heterocycles.